The van der Waals surface area contributed by atoms with Gasteiger partial charge in [-0.1, -0.05) is 17.7 Å². The first kappa shape index (κ1) is 15.8. The van der Waals surface area contributed by atoms with Crippen LogP contribution in [0.3, 0.4) is 0 Å². The number of hydrogen-bond donors (Lipinski definition) is 1. The number of anilines is 2. The number of benzene rings is 2. The van der Waals surface area contributed by atoms with Crippen molar-refractivity contribution in [1.29, 1.82) is 0 Å². The third kappa shape index (κ3) is 3.37. The zero-order chi connectivity index (χ0) is 17.1. The summed E-state index contributed by atoms with van der Waals surface area (Å²) in [7, 11) is 0. The predicted molar refractivity (Wildman–Crippen MR) is 80.9 cm³/mol. The minimum atomic E-state index is -0.921. The number of hydrogen-bond acceptors (Lipinski definition) is 7. The Bertz CT molecular complexity index is 768. The van der Waals surface area contributed by atoms with E-state index >= 15 is 0 Å². The van der Waals surface area contributed by atoms with Crippen molar-refractivity contribution in [3.63, 3.8) is 0 Å². The zero-order valence-corrected chi connectivity index (χ0v) is 11.8. The van der Waals surface area contributed by atoms with Crippen molar-refractivity contribution >= 4 is 28.4 Å². The van der Waals surface area contributed by atoms with Gasteiger partial charge in [-0.3, -0.25) is 30.3 Å². The van der Waals surface area contributed by atoms with Crippen molar-refractivity contribution in [3.8, 4) is 0 Å². The van der Waals surface area contributed by atoms with E-state index in [1.165, 1.54) is 0 Å². The summed E-state index contributed by atoms with van der Waals surface area (Å²) in [4.78, 5) is 30.3. The lowest BCUT2D eigenvalue weighted by Gasteiger charge is -2.08. The van der Waals surface area contributed by atoms with Crippen LogP contribution in [0, 0.1) is 37.3 Å². The van der Waals surface area contributed by atoms with Crippen molar-refractivity contribution in [2.45, 2.75) is 6.92 Å². The number of nitrogens with one attached hydrogen (secondary N) is 1. The number of rotatable bonds is 5. The van der Waals surface area contributed by atoms with E-state index in [4.69, 9.17) is 0 Å². The van der Waals surface area contributed by atoms with Gasteiger partial charge in [0.25, 0.3) is 5.69 Å². The van der Waals surface area contributed by atoms with Crippen LogP contribution >= 0.6 is 0 Å². The van der Waals surface area contributed by atoms with E-state index in [0.29, 0.717) is 17.8 Å². The normalized spacial score (nSPS) is 10.1. The van der Waals surface area contributed by atoms with Crippen molar-refractivity contribution in [2.75, 3.05) is 5.32 Å². The molecule has 0 saturated heterocycles. The standard InChI is InChI=1S/C13H10N4O6/c1-8-2-4-9(5-3-8)14-13-11(16(20)21)6-10(15(18)19)7-12(13)17(22)23/h2-7,14H,1H3. The molecule has 0 bridgehead atoms. The molecule has 0 unspecified atom stereocenters. The van der Waals surface area contributed by atoms with E-state index in [0.717, 1.165) is 5.56 Å². The second-order valence-electron chi connectivity index (χ2n) is 4.62. The Morgan fingerprint density at radius 1 is 0.826 bits per heavy atom. The van der Waals surface area contributed by atoms with Gasteiger partial charge in [0.05, 0.1) is 26.9 Å². The number of nitro groups is 3. The van der Waals surface area contributed by atoms with Crippen molar-refractivity contribution in [3.05, 3.63) is 72.3 Å². The molecule has 0 aromatic heterocycles. The maximum Gasteiger partial charge on any atom is 0.306 e. The highest BCUT2D eigenvalue weighted by Crippen LogP contribution is 2.39. The van der Waals surface area contributed by atoms with Crippen LogP contribution in [0.5, 0.6) is 0 Å². The molecule has 0 aliphatic carbocycles. The third-order valence-electron chi connectivity index (χ3n) is 3.01. The molecule has 0 heterocycles. The summed E-state index contributed by atoms with van der Waals surface area (Å²) < 4.78 is 0. The van der Waals surface area contributed by atoms with Gasteiger partial charge >= 0.3 is 11.4 Å². The van der Waals surface area contributed by atoms with Crippen LogP contribution in [0.2, 0.25) is 0 Å². The Balaban J connectivity index is 2.63. The zero-order valence-electron chi connectivity index (χ0n) is 11.8. The van der Waals surface area contributed by atoms with E-state index in [9.17, 15) is 30.3 Å². The van der Waals surface area contributed by atoms with Gasteiger partial charge in [-0.2, -0.15) is 0 Å². The van der Waals surface area contributed by atoms with Crippen LogP contribution in [0.1, 0.15) is 5.56 Å². The quantitative estimate of drug-likeness (QED) is 0.657. The molecular formula is C13H10N4O6. The summed E-state index contributed by atoms with van der Waals surface area (Å²) in [5.74, 6) is 0. The lowest BCUT2D eigenvalue weighted by molar-refractivity contribution is -0.401. The minimum absolute atomic E-state index is 0.385. The fourth-order valence-corrected chi connectivity index (χ4v) is 1.90. The SMILES string of the molecule is Cc1ccc(Nc2c([N+](=O)[O-])cc([N+](=O)[O-])cc2[N+](=O)[O-])cc1. The molecule has 0 fully saturated rings. The molecular weight excluding hydrogens is 308 g/mol. The Kier molecular flexibility index (Phi) is 4.16. The van der Waals surface area contributed by atoms with Gasteiger partial charge in [0.15, 0.2) is 5.69 Å². The summed E-state index contributed by atoms with van der Waals surface area (Å²) in [6.07, 6.45) is 0. The minimum Gasteiger partial charge on any atom is -0.344 e. The highest BCUT2D eigenvalue weighted by Gasteiger charge is 2.30. The van der Waals surface area contributed by atoms with Crippen molar-refractivity contribution < 1.29 is 14.8 Å². The van der Waals surface area contributed by atoms with Gasteiger partial charge < -0.3 is 5.32 Å². The number of nitro benzene ring substituents is 3. The molecule has 0 atom stereocenters. The Morgan fingerprint density at radius 2 is 1.30 bits per heavy atom. The molecule has 0 aliphatic rings. The summed E-state index contributed by atoms with van der Waals surface area (Å²) in [5.41, 5.74) is -1.30. The molecule has 2 aromatic carbocycles. The van der Waals surface area contributed by atoms with E-state index in [2.05, 4.69) is 5.32 Å². The lowest BCUT2D eigenvalue weighted by atomic mass is 10.1. The Labute approximate surface area is 128 Å². The van der Waals surface area contributed by atoms with Gasteiger partial charge in [-0.25, -0.2) is 0 Å². The molecule has 118 valence electrons. The molecule has 2 rings (SSSR count). The Morgan fingerprint density at radius 3 is 1.70 bits per heavy atom. The smallest absolute Gasteiger partial charge is 0.306 e. The van der Waals surface area contributed by atoms with E-state index in [1.807, 2.05) is 6.92 Å². The average Bonchev–Trinajstić information content (AvgIpc) is 2.48. The molecule has 1 N–H and O–H groups in total. The van der Waals surface area contributed by atoms with Crippen LogP contribution in [-0.4, -0.2) is 14.8 Å². The maximum atomic E-state index is 11.1. The fraction of sp³-hybridized carbons (Fsp3) is 0.0769. The largest absolute Gasteiger partial charge is 0.344 e. The number of non-ortho nitro benzene ring substituents is 1. The first-order valence-electron chi connectivity index (χ1n) is 6.24. The highest BCUT2D eigenvalue weighted by atomic mass is 16.6. The van der Waals surface area contributed by atoms with E-state index < -0.39 is 37.5 Å². The van der Waals surface area contributed by atoms with Crippen LogP contribution in [0.15, 0.2) is 36.4 Å². The molecule has 0 aliphatic heterocycles. The molecule has 2 aromatic rings. The lowest BCUT2D eigenvalue weighted by Crippen LogP contribution is -2.03. The number of nitrogens with zero attached hydrogens (tertiary/aromatic N) is 3. The van der Waals surface area contributed by atoms with Crippen LogP contribution in [0.25, 0.3) is 0 Å². The molecule has 0 amide bonds. The molecule has 0 spiro atoms. The van der Waals surface area contributed by atoms with E-state index in [-0.39, 0.29) is 0 Å². The Hall–Kier alpha value is -3.56. The second-order valence-corrected chi connectivity index (χ2v) is 4.62. The molecule has 23 heavy (non-hydrogen) atoms. The predicted octanol–water partition coefficient (Wildman–Crippen LogP) is 3.46. The van der Waals surface area contributed by atoms with Crippen molar-refractivity contribution in [1.82, 2.24) is 0 Å². The van der Waals surface area contributed by atoms with Gasteiger partial charge in [0, 0.05) is 5.69 Å². The van der Waals surface area contributed by atoms with E-state index in [1.54, 1.807) is 24.3 Å². The summed E-state index contributed by atoms with van der Waals surface area (Å²) in [6, 6.07) is 7.97. The van der Waals surface area contributed by atoms with Crippen LogP contribution in [0.4, 0.5) is 28.4 Å². The molecule has 10 nitrogen and oxygen atoms in total. The first-order valence-corrected chi connectivity index (χ1v) is 6.24. The molecule has 10 heteroatoms. The summed E-state index contributed by atoms with van der Waals surface area (Å²) in [6.45, 7) is 1.83. The van der Waals surface area contributed by atoms with Gasteiger partial charge in [-0.15, -0.1) is 0 Å². The number of aryl methyl sites for hydroxylation is 1. The summed E-state index contributed by atoms with van der Waals surface area (Å²) >= 11 is 0. The van der Waals surface area contributed by atoms with Gasteiger partial charge in [0.1, 0.15) is 0 Å². The van der Waals surface area contributed by atoms with Gasteiger partial charge in [-0.05, 0) is 19.1 Å². The third-order valence-corrected chi connectivity index (χ3v) is 3.01. The maximum absolute atomic E-state index is 11.1. The second kappa shape index (κ2) is 6.05. The monoisotopic (exact) mass is 318 g/mol. The van der Waals surface area contributed by atoms with Crippen LogP contribution < -0.4 is 5.32 Å². The first-order chi connectivity index (χ1) is 10.8. The fourth-order valence-electron chi connectivity index (χ4n) is 1.90. The highest BCUT2D eigenvalue weighted by molar-refractivity contribution is 5.81. The topological polar surface area (TPSA) is 141 Å². The van der Waals surface area contributed by atoms with Gasteiger partial charge in [0.2, 0.25) is 0 Å². The average molecular weight is 318 g/mol. The molecule has 0 saturated carbocycles. The van der Waals surface area contributed by atoms with Crippen LogP contribution in [-0.2, 0) is 0 Å². The van der Waals surface area contributed by atoms with Crippen molar-refractivity contribution in [2.24, 2.45) is 0 Å². The summed E-state index contributed by atoms with van der Waals surface area (Å²) in [5, 5.41) is 35.7. The molecule has 0 radical (unpaired) electrons.